The Balaban J connectivity index is 2.65. The Bertz CT molecular complexity index is 418. The second kappa shape index (κ2) is 5.66. The van der Waals surface area contributed by atoms with Gasteiger partial charge in [0.25, 0.3) is 0 Å². The van der Waals surface area contributed by atoms with E-state index in [1.807, 2.05) is 13.8 Å². The van der Waals surface area contributed by atoms with Gasteiger partial charge in [0.1, 0.15) is 12.1 Å². The maximum atomic E-state index is 11.2. The molecule has 0 unspecified atom stereocenters. The number of anilines is 1. The Kier molecular flexibility index (Phi) is 4.47. The van der Waals surface area contributed by atoms with Gasteiger partial charge in [-0.1, -0.05) is 0 Å². The highest BCUT2D eigenvalue weighted by atomic mass is 16.5. The van der Waals surface area contributed by atoms with Crippen molar-refractivity contribution in [1.82, 2.24) is 9.97 Å². The van der Waals surface area contributed by atoms with Crippen molar-refractivity contribution in [3.05, 3.63) is 12.4 Å². The van der Waals surface area contributed by atoms with Gasteiger partial charge in [0.05, 0.1) is 11.5 Å². The van der Waals surface area contributed by atoms with E-state index < -0.39 is 5.41 Å². The van der Waals surface area contributed by atoms with E-state index in [-0.39, 0.29) is 12.0 Å². The van der Waals surface area contributed by atoms with Crippen molar-refractivity contribution < 1.29 is 9.53 Å². The number of nitrogens with one attached hydrogen (secondary N) is 1. The molecular formula is C12H20N4O2. The number of rotatable bonds is 6. The summed E-state index contributed by atoms with van der Waals surface area (Å²) in [5, 5.41) is 3.05. The summed E-state index contributed by atoms with van der Waals surface area (Å²) in [4.78, 5) is 19.2. The second-order valence-electron chi connectivity index (χ2n) is 5.01. The van der Waals surface area contributed by atoms with E-state index in [9.17, 15) is 4.79 Å². The molecule has 100 valence electrons. The van der Waals surface area contributed by atoms with Crippen LogP contribution in [0.5, 0.6) is 5.88 Å². The highest BCUT2D eigenvalue weighted by molar-refractivity contribution is 5.80. The number of carbonyl (C=O) groups is 1. The lowest BCUT2D eigenvalue weighted by molar-refractivity contribution is -0.125. The minimum Gasteiger partial charge on any atom is -0.475 e. The summed E-state index contributed by atoms with van der Waals surface area (Å²) >= 11 is 0. The molecule has 0 spiro atoms. The standard InChI is InChI=1S/C12H20N4O2/c1-8(2)18-10-5-9(15-7-16-10)14-6-12(3,4)11(13)17/h5,7-8H,6H2,1-4H3,(H2,13,17)(H,14,15,16). The van der Waals surface area contributed by atoms with Crippen LogP contribution in [0.25, 0.3) is 0 Å². The molecule has 0 atom stereocenters. The zero-order valence-corrected chi connectivity index (χ0v) is 11.2. The molecule has 18 heavy (non-hydrogen) atoms. The Hall–Kier alpha value is -1.85. The van der Waals surface area contributed by atoms with E-state index in [0.29, 0.717) is 18.2 Å². The highest BCUT2D eigenvalue weighted by Crippen LogP contribution is 2.17. The molecule has 0 aliphatic carbocycles. The van der Waals surface area contributed by atoms with E-state index in [1.165, 1.54) is 6.33 Å². The summed E-state index contributed by atoms with van der Waals surface area (Å²) < 4.78 is 5.45. The van der Waals surface area contributed by atoms with Gasteiger partial charge < -0.3 is 15.8 Å². The Morgan fingerprint density at radius 3 is 2.72 bits per heavy atom. The van der Waals surface area contributed by atoms with Crippen LogP contribution in [-0.4, -0.2) is 28.5 Å². The molecule has 1 heterocycles. The lowest BCUT2D eigenvalue weighted by atomic mass is 9.93. The number of amides is 1. The van der Waals surface area contributed by atoms with Crippen LogP contribution in [0.2, 0.25) is 0 Å². The van der Waals surface area contributed by atoms with Gasteiger partial charge in [-0.2, -0.15) is 0 Å². The van der Waals surface area contributed by atoms with Gasteiger partial charge in [-0.25, -0.2) is 9.97 Å². The maximum absolute atomic E-state index is 11.2. The van der Waals surface area contributed by atoms with Crippen molar-refractivity contribution in [3.63, 3.8) is 0 Å². The zero-order chi connectivity index (χ0) is 13.8. The van der Waals surface area contributed by atoms with Crippen LogP contribution in [0.4, 0.5) is 5.82 Å². The lowest BCUT2D eigenvalue weighted by Gasteiger charge is -2.21. The predicted molar refractivity (Wildman–Crippen MR) is 69.3 cm³/mol. The fraction of sp³-hybridized carbons (Fsp3) is 0.583. The van der Waals surface area contributed by atoms with Crippen LogP contribution < -0.4 is 15.8 Å². The van der Waals surface area contributed by atoms with Crippen molar-refractivity contribution in [2.24, 2.45) is 11.1 Å². The molecule has 0 radical (unpaired) electrons. The fourth-order valence-corrected chi connectivity index (χ4v) is 1.14. The third kappa shape index (κ3) is 4.20. The molecular weight excluding hydrogens is 232 g/mol. The van der Waals surface area contributed by atoms with Crippen molar-refractivity contribution in [1.29, 1.82) is 0 Å². The van der Waals surface area contributed by atoms with Crippen molar-refractivity contribution in [3.8, 4) is 5.88 Å². The topological polar surface area (TPSA) is 90.1 Å². The third-order valence-electron chi connectivity index (χ3n) is 2.38. The summed E-state index contributed by atoms with van der Waals surface area (Å²) in [6.07, 6.45) is 1.46. The number of ether oxygens (including phenoxy) is 1. The average molecular weight is 252 g/mol. The SMILES string of the molecule is CC(C)Oc1cc(NCC(C)(C)C(N)=O)ncn1. The van der Waals surface area contributed by atoms with Gasteiger partial charge in [0, 0.05) is 12.6 Å². The first-order chi connectivity index (χ1) is 8.31. The largest absolute Gasteiger partial charge is 0.475 e. The average Bonchev–Trinajstić information content (AvgIpc) is 2.26. The molecule has 1 aromatic heterocycles. The first-order valence-corrected chi connectivity index (χ1v) is 5.84. The van der Waals surface area contributed by atoms with Gasteiger partial charge in [0.2, 0.25) is 11.8 Å². The van der Waals surface area contributed by atoms with Crippen LogP contribution in [0.3, 0.4) is 0 Å². The molecule has 0 aliphatic rings. The molecule has 0 aromatic carbocycles. The minimum atomic E-state index is -0.635. The monoisotopic (exact) mass is 252 g/mol. The molecule has 0 fully saturated rings. The molecule has 1 aromatic rings. The van der Waals surface area contributed by atoms with Crippen LogP contribution in [0.15, 0.2) is 12.4 Å². The van der Waals surface area contributed by atoms with E-state index in [1.54, 1.807) is 19.9 Å². The van der Waals surface area contributed by atoms with Gasteiger partial charge in [-0.3, -0.25) is 4.79 Å². The van der Waals surface area contributed by atoms with Crippen molar-refractivity contribution in [2.45, 2.75) is 33.8 Å². The number of nitrogens with zero attached hydrogens (tertiary/aromatic N) is 2. The first kappa shape index (κ1) is 14.2. The Morgan fingerprint density at radius 1 is 1.50 bits per heavy atom. The molecule has 1 rings (SSSR count). The van der Waals surface area contributed by atoms with E-state index >= 15 is 0 Å². The van der Waals surface area contributed by atoms with Crippen molar-refractivity contribution >= 4 is 11.7 Å². The lowest BCUT2D eigenvalue weighted by Crippen LogP contribution is -2.37. The summed E-state index contributed by atoms with van der Waals surface area (Å²) in [5.74, 6) is 0.747. The molecule has 3 N–H and O–H groups in total. The Labute approximate surface area is 107 Å². The predicted octanol–water partition coefficient (Wildman–Crippen LogP) is 1.19. The Morgan fingerprint density at radius 2 is 2.17 bits per heavy atom. The molecule has 6 heteroatoms. The highest BCUT2D eigenvalue weighted by Gasteiger charge is 2.24. The van der Waals surface area contributed by atoms with E-state index in [4.69, 9.17) is 10.5 Å². The molecule has 0 saturated heterocycles. The van der Waals surface area contributed by atoms with Crippen LogP contribution in [-0.2, 0) is 4.79 Å². The molecule has 1 amide bonds. The quantitative estimate of drug-likeness (QED) is 0.793. The van der Waals surface area contributed by atoms with E-state index in [2.05, 4.69) is 15.3 Å². The number of aromatic nitrogens is 2. The molecule has 0 aliphatic heterocycles. The zero-order valence-electron chi connectivity index (χ0n) is 11.2. The van der Waals surface area contributed by atoms with Crippen molar-refractivity contribution in [2.75, 3.05) is 11.9 Å². The summed E-state index contributed by atoms with van der Waals surface area (Å²) in [6, 6.07) is 1.69. The first-order valence-electron chi connectivity index (χ1n) is 5.84. The number of hydrogen-bond acceptors (Lipinski definition) is 5. The molecule has 0 saturated carbocycles. The second-order valence-corrected chi connectivity index (χ2v) is 5.01. The summed E-state index contributed by atoms with van der Waals surface area (Å²) in [7, 11) is 0. The van der Waals surface area contributed by atoms with Crippen LogP contribution in [0.1, 0.15) is 27.7 Å². The maximum Gasteiger partial charge on any atom is 0.224 e. The summed E-state index contributed by atoms with van der Waals surface area (Å²) in [5.41, 5.74) is 4.66. The van der Waals surface area contributed by atoms with E-state index in [0.717, 1.165) is 0 Å². The third-order valence-corrected chi connectivity index (χ3v) is 2.38. The smallest absolute Gasteiger partial charge is 0.224 e. The summed E-state index contributed by atoms with van der Waals surface area (Å²) in [6.45, 7) is 7.79. The number of primary amides is 1. The normalized spacial score (nSPS) is 11.4. The number of nitrogens with two attached hydrogens (primary N) is 1. The van der Waals surface area contributed by atoms with Crippen LogP contribution >= 0.6 is 0 Å². The minimum absolute atomic E-state index is 0.0508. The molecule has 6 nitrogen and oxygen atoms in total. The van der Waals surface area contributed by atoms with Gasteiger partial charge in [-0.05, 0) is 27.7 Å². The van der Waals surface area contributed by atoms with Gasteiger partial charge >= 0.3 is 0 Å². The van der Waals surface area contributed by atoms with Crippen LogP contribution in [0, 0.1) is 5.41 Å². The van der Waals surface area contributed by atoms with Gasteiger partial charge in [-0.15, -0.1) is 0 Å². The van der Waals surface area contributed by atoms with Gasteiger partial charge in [0.15, 0.2) is 0 Å². The number of carbonyl (C=O) groups excluding carboxylic acids is 1. The fourth-order valence-electron chi connectivity index (χ4n) is 1.14. The number of hydrogen-bond donors (Lipinski definition) is 2. The molecule has 0 bridgehead atoms.